The molecule has 2 nitrogen and oxygen atoms in total. The van der Waals surface area contributed by atoms with E-state index in [1.165, 1.54) is 22.1 Å². The van der Waals surface area contributed by atoms with Gasteiger partial charge in [-0.3, -0.25) is 0 Å². The summed E-state index contributed by atoms with van der Waals surface area (Å²) in [5.74, 6) is 0. The van der Waals surface area contributed by atoms with E-state index in [-0.39, 0.29) is 0 Å². The van der Waals surface area contributed by atoms with E-state index in [4.69, 9.17) is 12.2 Å². The molecule has 1 N–H and O–H groups in total. The molecule has 0 aliphatic rings. The van der Waals surface area contributed by atoms with Gasteiger partial charge in [0.25, 0.3) is 0 Å². The molecule has 0 unspecified atom stereocenters. The van der Waals surface area contributed by atoms with Gasteiger partial charge in [0.15, 0.2) is 0 Å². The Labute approximate surface area is 94.4 Å². The fourth-order valence-corrected chi connectivity index (χ4v) is 1.98. The predicted molar refractivity (Wildman–Crippen MR) is 65.8 cm³/mol. The number of aryl methyl sites for hydroxylation is 3. The minimum absolute atomic E-state index is 0.806. The van der Waals surface area contributed by atoms with E-state index in [9.17, 15) is 0 Å². The molecule has 0 bridgehead atoms. The van der Waals surface area contributed by atoms with Gasteiger partial charge in [-0.05, 0) is 43.0 Å². The summed E-state index contributed by atoms with van der Waals surface area (Å²) in [5.41, 5.74) is 4.57. The fraction of sp³-hybridized carbons (Fsp3) is 0.333. The van der Waals surface area contributed by atoms with Crippen LogP contribution in [0.3, 0.4) is 0 Å². The average Bonchev–Trinajstić information content (AvgIpc) is 2.23. The Morgan fingerprint density at radius 1 is 1.40 bits per heavy atom. The van der Waals surface area contributed by atoms with Crippen LogP contribution in [-0.2, 0) is 6.42 Å². The summed E-state index contributed by atoms with van der Waals surface area (Å²) in [5, 5.41) is 1.18. The molecule has 15 heavy (non-hydrogen) atoms. The largest absolute Gasteiger partial charge is 0.331 e. The third-order valence-electron chi connectivity index (χ3n) is 2.86. The van der Waals surface area contributed by atoms with Crippen LogP contribution in [-0.4, -0.2) is 9.97 Å². The highest BCUT2D eigenvalue weighted by atomic mass is 32.1. The molecule has 0 saturated carbocycles. The standard InChI is InChI=1S/C12H14N2S/c1-4-9-5-10-8(3)7(2)6-13-11(10)14-12(9)15/h5-6H,4H2,1-3H3,(H,13,14,15). The topological polar surface area (TPSA) is 28.7 Å². The normalized spacial score (nSPS) is 10.9. The highest BCUT2D eigenvalue weighted by Crippen LogP contribution is 2.19. The van der Waals surface area contributed by atoms with Crippen LogP contribution in [0.5, 0.6) is 0 Å². The van der Waals surface area contributed by atoms with Crippen LogP contribution in [0.2, 0.25) is 0 Å². The Bertz CT molecular complexity index is 570. The molecule has 2 aromatic rings. The quantitative estimate of drug-likeness (QED) is 0.742. The molecule has 0 spiro atoms. The number of fused-ring (bicyclic) bond motifs is 1. The molecular weight excluding hydrogens is 204 g/mol. The fourth-order valence-electron chi connectivity index (χ4n) is 1.68. The van der Waals surface area contributed by atoms with Gasteiger partial charge in [0, 0.05) is 11.6 Å². The van der Waals surface area contributed by atoms with Crippen molar-refractivity contribution in [1.29, 1.82) is 0 Å². The van der Waals surface area contributed by atoms with E-state index in [1.54, 1.807) is 0 Å². The zero-order valence-corrected chi connectivity index (χ0v) is 10.0. The van der Waals surface area contributed by atoms with Crippen molar-refractivity contribution in [2.45, 2.75) is 27.2 Å². The number of hydrogen-bond donors (Lipinski definition) is 1. The Kier molecular flexibility index (Phi) is 2.57. The molecule has 0 saturated heterocycles. The first-order valence-corrected chi connectivity index (χ1v) is 5.52. The predicted octanol–water partition coefficient (Wildman–Crippen LogP) is 3.47. The van der Waals surface area contributed by atoms with E-state index in [0.29, 0.717) is 0 Å². The van der Waals surface area contributed by atoms with Gasteiger partial charge < -0.3 is 4.98 Å². The van der Waals surface area contributed by atoms with Gasteiger partial charge in [-0.25, -0.2) is 4.98 Å². The lowest BCUT2D eigenvalue weighted by atomic mass is 10.1. The Morgan fingerprint density at radius 3 is 2.80 bits per heavy atom. The minimum Gasteiger partial charge on any atom is -0.331 e. The highest BCUT2D eigenvalue weighted by Gasteiger charge is 2.04. The van der Waals surface area contributed by atoms with Crippen LogP contribution < -0.4 is 0 Å². The zero-order valence-electron chi connectivity index (χ0n) is 9.22. The summed E-state index contributed by atoms with van der Waals surface area (Å²) in [7, 11) is 0. The summed E-state index contributed by atoms with van der Waals surface area (Å²) in [4.78, 5) is 7.54. The number of hydrogen-bond acceptors (Lipinski definition) is 2. The smallest absolute Gasteiger partial charge is 0.138 e. The van der Waals surface area contributed by atoms with Crippen LogP contribution in [0.25, 0.3) is 11.0 Å². The van der Waals surface area contributed by atoms with E-state index < -0.39 is 0 Å². The zero-order chi connectivity index (χ0) is 11.0. The van der Waals surface area contributed by atoms with Crippen molar-refractivity contribution in [2.24, 2.45) is 0 Å². The van der Waals surface area contributed by atoms with Crippen molar-refractivity contribution >= 4 is 23.3 Å². The lowest BCUT2D eigenvalue weighted by Gasteiger charge is -2.06. The molecule has 0 atom stereocenters. The lowest BCUT2D eigenvalue weighted by Crippen LogP contribution is -1.94. The second kappa shape index (κ2) is 3.74. The molecule has 0 aromatic carbocycles. The summed E-state index contributed by atoms with van der Waals surface area (Å²) in [6.45, 7) is 6.31. The summed E-state index contributed by atoms with van der Waals surface area (Å²) >= 11 is 5.26. The minimum atomic E-state index is 0.806. The third-order valence-corrected chi connectivity index (χ3v) is 3.23. The highest BCUT2D eigenvalue weighted by molar-refractivity contribution is 7.71. The number of aromatic nitrogens is 2. The molecular formula is C12H14N2S. The van der Waals surface area contributed by atoms with Crippen LogP contribution in [0.4, 0.5) is 0 Å². The molecule has 0 amide bonds. The summed E-state index contributed by atoms with van der Waals surface area (Å²) < 4.78 is 0.806. The van der Waals surface area contributed by atoms with Crippen LogP contribution in [0, 0.1) is 18.5 Å². The first-order chi connectivity index (χ1) is 7.13. The van der Waals surface area contributed by atoms with Crippen molar-refractivity contribution in [3.8, 4) is 0 Å². The van der Waals surface area contributed by atoms with Crippen molar-refractivity contribution in [1.82, 2.24) is 9.97 Å². The Hall–Kier alpha value is -1.22. The van der Waals surface area contributed by atoms with Gasteiger partial charge >= 0.3 is 0 Å². The average molecular weight is 218 g/mol. The molecule has 0 aliphatic heterocycles. The molecule has 2 aromatic heterocycles. The first-order valence-electron chi connectivity index (χ1n) is 5.11. The van der Waals surface area contributed by atoms with Gasteiger partial charge in [-0.15, -0.1) is 0 Å². The van der Waals surface area contributed by atoms with E-state index in [2.05, 4.69) is 36.8 Å². The molecule has 0 fully saturated rings. The van der Waals surface area contributed by atoms with E-state index >= 15 is 0 Å². The molecule has 0 radical (unpaired) electrons. The van der Waals surface area contributed by atoms with Gasteiger partial charge in [0.1, 0.15) is 10.3 Å². The van der Waals surface area contributed by atoms with Gasteiger partial charge in [-0.1, -0.05) is 19.1 Å². The van der Waals surface area contributed by atoms with E-state index in [0.717, 1.165) is 16.7 Å². The second-order valence-corrected chi connectivity index (χ2v) is 4.21. The van der Waals surface area contributed by atoms with Gasteiger partial charge in [0.2, 0.25) is 0 Å². The van der Waals surface area contributed by atoms with Gasteiger partial charge in [0.05, 0.1) is 0 Å². The molecule has 2 heterocycles. The Morgan fingerprint density at radius 2 is 2.13 bits per heavy atom. The summed E-state index contributed by atoms with van der Waals surface area (Å²) in [6, 6.07) is 2.16. The summed E-state index contributed by atoms with van der Waals surface area (Å²) in [6.07, 6.45) is 2.84. The number of aromatic amines is 1. The van der Waals surface area contributed by atoms with Crippen LogP contribution in [0.1, 0.15) is 23.6 Å². The lowest BCUT2D eigenvalue weighted by molar-refractivity contribution is 1.09. The number of nitrogens with one attached hydrogen (secondary N) is 1. The van der Waals surface area contributed by atoms with Crippen molar-refractivity contribution in [3.63, 3.8) is 0 Å². The van der Waals surface area contributed by atoms with Crippen molar-refractivity contribution < 1.29 is 0 Å². The molecule has 3 heteroatoms. The van der Waals surface area contributed by atoms with Crippen molar-refractivity contribution in [2.75, 3.05) is 0 Å². The van der Waals surface area contributed by atoms with Crippen LogP contribution in [0.15, 0.2) is 12.3 Å². The molecule has 0 aliphatic carbocycles. The second-order valence-electron chi connectivity index (χ2n) is 3.81. The maximum atomic E-state index is 5.26. The van der Waals surface area contributed by atoms with Gasteiger partial charge in [-0.2, -0.15) is 0 Å². The molecule has 78 valence electrons. The van der Waals surface area contributed by atoms with Crippen LogP contribution >= 0.6 is 12.2 Å². The number of pyridine rings is 2. The number of nitrogens with zero attached hydrogens (tertiary/aromatic N) is 1. The molecule has 2 rings (SSSR count). The maximum Gasteiger partial charge on any atom is 0.138 e. The maximum absolute atomic E-state index is 5.26. The SMILES string of the molecule is CCc1cc2c(C)c(C)cnc2[nH]c1=S. The van der Waals surface area contributed by atoms with Crippen molar-refractivity contribution in [3.05, 3.63) is 33.6 Å². The third kappa shape index (κ3) is 1.67. The number of rotatable bonds is 1. The first kappa shape index (κ1) is 10.3. The van der Waals surface area contributed by atoms with E-state index in [1.807, 2.05) is 6.20 Å². The number of H-pyrrole nitrogens is 1. The monoisotopic (exact) mass is 218 g/mol. The Balaban J connectivity index is 2.89.